The summed E-state index contributed by atoms with van der Waals surface area (Å²) >= 11 is 0. The van der Waals surface area contributed by atoms with Gasteiger partial charge in [0.05, 0.1) is 0 Å². The lowest BCUT2D eigenvalue weighted by atomic mass is 9.84. The molecular weight excluding hydrogens is 258 g/mol. The molecule has 1 saturated carbocycles. The van der Waals surface area contributed by atoms with Crippen LogP contribution in [0, 0.1) is 5.92 Å². The van der Waals surface area contributed by atoms with Crippen molar-refractivity contribution in [1.29, 1.82) is 0 Å². The minimum atomic E-state index is 0.308. The number of fused-ring (bicyclic) bond motifs is 1. The highest BCUT2D eigenvalue weighted by Crippen LogP contribution is 2.27. The summed E-state index contributed by atoms with van der Waals surface area (Å²) in [6, 6.07) is 16.0. The Bertz CT molecular complexity index is 595. The summed E-state index contributed by atoms with van der Waals surface area (Å²) in [5.41, 5.74) is 1.33. The van der Waals surface area contributed by atoms with Gasteiger partial charge in [-0.3, -0.25) is 0 Å². The van der Waals surface area contributed by atoms with Gasteiger partial charge < -0.3 is 10.4 Å². The van der Waals surface area contributed by atoms with Crippen molar-refractivity contribution < 1.29 is 5.11 Å². The maximum atomic E-state index is 9.55. The Hall–Kier alpha value is -1.38. The molecule has 3 unspecified atom stereocenters. The molecule has 0 heterocycles. The topological polar surface area (TPSA) is 32.3 Å². The van der Waals surface area contributed by atoms with E-state index in [0.29, 0.717) is 24.6 Å². The summed E-state index contributed by atoms with van der Waals surface area (Å²) in [4.78, 5) is 0. The van der Waals surface area contributed by atoms with Crippen LogP contribution in [0.25, 0.3) is 10.8 Å². The van der Waals surface area contributed by atoms with Gasteiger partial charge >= 0.3 is 0 Å². The normalized spacial score (nSPS) is 24.1. The fourth-order valence-electron chi connectivity index (χ4n) is 3.54. The van der Waals surface area contributed by atoms with Crippen molar-refractivity contribution in [3.8, 4) is 0 Å². The van der Waals surface area contributed by atoms with E-state index in [-0.39, 0.29) is 0 Å². The Morgan fingerprint density at radius 3 is 2.67 bits per heavy atom. The quantitative estimate of drug-likeness (QED) is 0.887. The van der Waals surface area contributed by atoms with E-state index >= 15 is 0 Å². The zero-order chi connectivity index (χ0) is 14.7. The van der Waals surface area contributed by atoms with Gasteiger partial charge in [-0.2, -0.15) is 0 Å². The molecule has 1 aliphatic carbocycles. The molecule has 1 aliphatic rings. The predicted octanol–water partition coefficient (Wildman–Crippen LogP) is 4.04. The minimum Gasteiger partial charge on any atom is -0.396 e. The van der Waals surface area contributed by atoms with Crippen LogP contribution in [-0.4, -0.2) is 17.8 Å². The number of benzene rings is 2. The third-order valence-electron chi connectivity index (χ3n) is 4.88. The van der Waals surface area contributed by atoms with Crippen molar-refractivity contribution in [2.45, 2.75) is 44.7 Å². The molecule has 0 amide bonds. The number of hydrogen-bond donors (Lipinski definition) is 2. The average Bonchev–Trinajstić information content (AvgIpc) is 2.55. The monoisotopic (exact) mass is 283 g/mol. The Balaban J connectivity index is 1.75. The van der Waals surface area contributed by atoms with Gasteiger partial charge in [-0.25, -0.2) is 0 Å². The summed E-state index contributed by atoms with van der Waals surface area (Å²) in [6.45, 7) is 2.54. The van der Waals surface area contributed by atoms with Crippen LogP contribution in [-0.2, 0) is 0 Å². The van der Waals surface area contributed by atoms with Crippen molar-refractivity contribution in [3.05, 3.63) is 48.0 Å². The van der Waals surface area contributed by atoms with Gasteiger partial charge in [0, 0.05) is 18.7 Å². The molecule has 112 valence electrons. The van der Waals surface area contributed by atoms with E-state index in [4.69, 9.17) is 0 Å². The molecule has 2 N–H and O–H groups in total. The number of hydrogen-bond acceptors (Lipinski definition) is 2. The van der Waals surface area contributed by atoms with Crippen molar-refractivity contribution in [2.24, 2.45) is 5.92 Å². The van der Waals surface area contributed by atoms with E-state index in [1.54, 1.807) is 0 Å². The zero-order valence-electron chi connectivity index (χ0n) is 12.8. The standard InChI is InChI=1S/C19H25NO/c1-14(20-19-9-5-4-8-18(19)13-21)16-11-10-15-6-2-3-7-17(15)12-16/h2-3,6-7,10-12,14,18-21H,4-5,8-9,13H2,1H3. The first kappa shape index (κ1) is 14.6. The molecule has 2 nitrogen and oxygen atoms in total. The molecule has 0 spiro atoms. The first-order valence-corrected chi connectivity index (χ1v) is 8.13. The second-order valence-electron chi connectivity index (χ2n) is 6.33. The van der Waals surface area contributed by atoms with Crippen LogP contribution < -0.4 is 5.32 Å². The van der Waals surface area contributed by atoms with E-state index < -0.39 is 0 Å². The fraction of sp³-hybridized carbons (Fsp3) is 0.474. The van der Waals surface area contributed by atoms with Gasteiger partial charge in [0.15, 0.2) is 0 Å². The second kappa shape index (κ2) is 6.59. The van der Waals surface area contributed by atoms with Gasteiger partial charge in [-0.15, -0.1) is 0 Å². The molecule has 2 aromatic carbocycles. The lowest BCUT2D eigenvalue weighted by Gasteiger charge is -2.33. The summed E-state index contributed by atoms with van der Waals surface area (Å²) in [5, 5.41) is 15.9. The van der Waals surface area contributed by atoms with E-state index in [1.807, 2.05) is 0 Å². The Morgan fingerprint density at radius 2 is 1.86 bits per heavy atom. The van der Waals surface area contributed by atoms with Crippen LogP contribution in [0.15, 0.2) is 42.5 Å². The number of aliphatic hydroxyl groups is 1. The van der Waals surface area contributed by atoms with E-state index in [0.717, 1.165) is 6.42 Å². The molecule has 2 aromatic rings. The van der Waals surface area contributed by atoms with Gasteiger partial charge in [0.25, 0.3) is 0 Å². The minimum absolute atomic E-state index is 0.308. The highest BCUT2D eigenvalue weighted by molar-refractivity contribution is 5.83. The van der Waals surface area contributed by atoms with E-state index in [1.165, 1.54) is 35.6 Å². The average molecular weight is 283 g/mol. The Morgan fingerprint density at radius 1 is 1.10 bits per heavy atom. The molecule has 0 aliphatic heterocycles. The first-order chi connectivity index (χ1) is 10.3. The summed E-state index contributed by atoms with van der Waals surface area (Å²) < 4.78 is 0. The highest BCUT2D eigenvalue weighted by Gasteiger charge is 2.25. The van der Waals surface area contributed by atoms with Crippen molar-refractivity contribution in [3.63, 3.8) is 0 Å². The van der Waals surface area contributed by atoms with Crippen LogP contribution >= 0.6 is 0 Å². The molecule has 21 heavy (non-hydrogen) atoms. The van der Waals surface area contributed by atoms with Crippen LogP contribution in [0.1, 0.15) is 44.2 Å². The van der Waals surface area contributed by atoms with Crippen molar-refractivity contribution in [2.75, 3.05) is 6.61 Å². The van der Waals surface area contributed by atoms with Crippen molar-refractivity contribution >= 4 is 10.8 Å². The number of rotatable bonds is 4. The SMILES string of the molecule is CC(NC1CCCCC1CO)c1ccc2ccccc2c1. The maximum absolute atomic E-state index is 9.55. The lowest BCUT2D eigenvalue weighted by Crippen LogP contribution is -2.41. The van der Waals surface area contributed by atoms with Crippen LogP contribution in [0.5, 0.6) is 0 Å². The highest BCUT2D eigenvalue weighted by atomic mass is 16.3. The smallest absolute Gasteiger partial charge is 0.0474 e. The molecule has 0 bridgehead atoms. The molecule has 2 heteroatoms. The third-order valence-corrected chi connectivity index (χ3v) is 4.88. The van der Waals surface area contributed by atoms with Crippen LogP contribution in [0.4, 0.5) is 0 Å². The summed E-state index contributed by atoms with van der Waals surface area (Å²) in [5.74, 6) is 0.418. The number of aliphatic hydroxyl groups excluding tert-OH is 1. The molecule has 3 atom stereocenters. The Kier molecular flexibility index (Phi) is 4.57. The van der Waals surface area contributed by atoms with Gasteiger partial charge in [-0.05, 0) is 48.1 Å². The lowest BCUT2D eigenvalue weighted by molar-refractivity contribution is 0.147. The molecule has 0 aromatic heterocycles. The zero-order valence-corrected chi connectivity index (χ0v) is 12.8. The predicted molar refractivity (Wildman–Crippen MR) is 88.3 cm³/mol. The van der Waals surface area contributed by atoms with Gasteiger partial charge in [0.2, 0.25) is 0 Å². The van der Waals surface area contributed by atoms with Gasteiger partial charge in [0.1, 0.15) is 0 Å². The van der Waals surface area contributed by atoms with E-state index in [2.05, 4.69) is 54.7 Å². The van der Waals surface area contributed by atoms with Crippen LogP contribution in [0.3, 0.4) is 0 Å². The molecule has 0 saturated heterocycles. The number of nitrogens with one attached hydrogen (secondary N) is 1. The Labute approximate surface area is 127 Å². The summed E-state index contributed by atoms with van der Waals surface area (Å²) in [6.07, 6.45) is 4.87. The first-order valence-electron chi connectivity index (χ1n) is 8.13. The molecular formula is C19H25NO. The largest absolute Gasteiger partial charge is 0.396 e. The fourth-order valence-corrected chi connectivity index (χ4v) is 3.54. The second-order valence-corrected chi connectivity index (χ2v) is 6.33. The molecule has 0 radical (unpaired) electrons. The van der Waals surface area contributed by atoms with Gasteiger partial charge in [-0.1, -0.05) is 49.2 Å². The summed E-state index contributed by atoms with van der Waals surface area (Å²) in [7, 11) is 0. The van der Waals surface area contributed by atoms with E-state index in [9.17, 15) is 5.11 Å². The van der Waals surface area contributed by atoms with Crippen LogP contribution in [0.2, 0.25) is 0 Å². The molecule has 1 fully saturated rings. The molecule has 3 rings (SSSR count). The van der Waals surface area contributed by atoms with Crippen molar-refractivity contribution in [1.82, 2.24) is 5.32 Å². The maximum Gasteiger partial charge on any atom is 0.0474 e. The third kappa shape index (κ3) is 3.28.